The lowest BCUT2D eigenvalue weighted by atomic mass is 10.1. The van der Waals surface area contributed by atoms with E-state index in [9.17, 15) is 18.8 Å². The van der Waals surface area contributed by atoms with Crippen LogP contribution >= 0.6 is 0 Å². The summed E-state index contributed by atoms with van der Waals surface area (Å²) in [7, 11) is 0. The molecule has 38 heavy (non-hydrogen) atoms. The van der Waals surface area contributed by atoms with Gasteiger partial charge >= 0.3 is 6.03 Å². The highest BCUT2D eigenvalue weighted by molar-refractivity contribution is 6.06. The van der Waals surface area contributed by atoms with Crippen molar-refractivity contribution in [2.24, 2.45) is 0 Å². The number of nitrogens with zero attached hydrogens (tertiary/aromatic N) is 3. The van der Waals surface area contributed by atoms with Gasteiger partial charge < -0.3 is 25.3 Å². The van der Waals surface area contributed by atoms with Crippen molar-refractivity contribution in [2.45, 2.75) is 13.8 Å². The highest BCUT2D eigenvalue weighted by atomic mass is 19.1. The van der Waals surface area contributed by atoms with E-state index >= 15 is 0 Å². The minimum Gasteiger partial charge on any atom is -0.367 e. The van der Waals surface area contributed by atoms with E-state index in [2.05, 4.69) is 15.5 Å². The molecule has 1 heterocycles. The zero-order valence-electron chi connectivity index (χ0n) is 21.6. The standard InChI is InChI=1S/C29H32FN5O3/c1-3-33(4-2)28(37)23-20-22(31-27(36)21-10-6-5-7-11-21)14-15-26(23)34-16-18-35(19-17-34)29(38)32-25-13-9-8-12-24(25)30/h5-15,20H,3-4,16-19H2,1-2H3,(H,31,36)(H,32,38). The van der Waals surface area contributed by atoms with Gasteiger partial charge in [0.15, 0.2) is 0 Å². The molecule has 1 aliphatic rings. The summed E-state index contributed by atoms with van der Waals surface area (Å²) in [6.45, 7) is 6.78. The summed E-state index contributed by atoms with van der Waals surface area (Å²) in [5, 5.41) is 5.51. The first kappa shape index (κ1) is 26.7. The molecule has 0 aromatic heterocycles. The van der Waals surface area contributed by atoms with Crippen molar-refractivity contribution in [3.63, 3.8) is 0 Å². The maximum absolute atomic E-state index is 13.9. The molecule has 0 spiro atoms. The molecule has 0 saturated carbocycles. The number of hydrogen-bond donors (Lipinski definition) is 2. The number of benzene rings is 3. The molecule has 0 unspecified atom stereocenters. The summed E-state index contributed by atoms with van der Waals surface area (Å²) in [5.74, 6) is -0.868. The lowest BCUT2D eigenvalue weighted by molar-refractivity contribution is 0.0773. The number of rotatable bonds is 7. The number of halogens is 1. The molecule has 2 N–H and O–H groups in total. The van der Waals surface area contributed by atoms with Crippen molar-refractivity contribution in [1.29, 1.82) is 0 Å². The molecular weight excluding hydrogens is 485 g/mol. The van der Waals surface area contributed by atoms with Gasteiger partial charge in [-0.3, -0.25) is 9.59 Å². The van der Waals surface area contributed by atoms with Crippen LogP contribution in [0.4, 0.5) is 26.2 Å². The summed E-state index contributed by atoms with van der Waals surface area (Å²) in [4.78, 5) is 44.3. The molecule has 4 amide bonds. The Morgan fingerprint density at radius 2 is 1.50 bits per heavy atom. The molecule has 1 fully saturated rings. The molecule has 4 rings (SSSR count). The monoisotopic (exact) mass is 517 g/mol. The Hall–Kier alpha value is -4.40. The van der Waals surface area contributed by atoms with Gasteiger partial charge in [-0.15, -0.1) is 0 Å². The van der Waals surface area contributed by atoms with Gasteiger partial charge in [0.25, 0.3) is 11.8 Å². The first-order valence-electron chi connectivity index (χ1n) is 12.8. The Balaban J connectivity index is 1.51. The number of amides is 4. The van der Waals surface area contributed by atoms with Crippen molar-refractivity contribution in [3.05, 3.63) is 89.7 Å². The fourth-order valence-corrected chi connectivity index (χ4v) is 4.44. The first-order valence-corrected chi connectivity index (χ1v) is 12.8. The molecule has 3 aromatic carbocycles. The highest BCUT2D eigenvalue weighted by Gasteiger charge is 2.26. The fraction of sp³-hybridized carbons (Fsp3) is 0.276. The van der Waals surface area contributed by atoms with Gasteiger partial charge in [-0.05, 0) is 56.3 Å². The summed E-state index contributed by atoms with van der Waals surface area (Å²) in [6, 6.07) is 19.9. The third kappa shape index (κ3) is 6.11. The largest absolute Gasteiger partial charge is 0.367 e. The molecular formula is C29H32FN5O3. The Labute approximate surface area is 222 Å². The van der Waals surface area contributed by atoms with E-state index in [-0.39, 0.29) is 23.5 Å². The molecule has 198 valence electrons. The van der Waals surface area contributed by atoms with Crippen LogP contribution in [0.15, 0.2) is 72.8 Å². The van der Waals surface area contributed by atoms with Gasteiger partial charge in [-0.2, -0.15) is 0 Å². The van der Waals surface area contributed by atoms with Crippen LogP contribution in [0.2, 0.25) is 0 Å². The molecule has 3 aromatic rings. The molecule has 1 saturated heterocycles. The zero-order valence-corrected chi connectivity index (χ0v) is 21.6. The van der Waals surface area contributed by atoms with Gasteiger partial charge in [-0.1, -0.05) is 30.3 Å². The molecule has 0 bridgehead atoms. The third-order valence-corrected chi connectivity index (χ3v) is 6.59. The minimum absolute atomic E-state index is 0.125. The predicted molar refractivity (Wildman–Crippen MR) is 147 cm³/mol. The number of para-hydroxylation sites is 1. The second-order valence-electron chi connectivity index (χ2n) is 8.91. The number of carbonyl (C=O) groups excluding carboxylic acids is 3. The van der Waals surface area contributed by atoms with Crippen LogP contribution in [0.5, 0.6) is 0 Å². The SMILES string of the molecule is CCN(CC)C(=O)c1cc(NC(=O)c2ccccc2)ccc1N1CCN(C(=O)Nc2ccccc2F)CC1. The third-order valence-electron chi connectivity index (χ3n) is 6.59. The Morgan fingerprint density at radius 3 is 2.16 bits per heavy atom. The van der Waals surface area contributed by atoms with Crippen molar-refractivity contribution in [2.75, 3.05) is 54.8 Å². The number of anilines is 3. The van der Waals surface area contributed by atoms with Crippen molar-refractivity contribution in [1.82, 2.24) is 9.80 Å². The van der Waals surface area contributed by atoms with Gasteiger partial charge in [-0.25, -0.2) is 9.18 Å². The summed E-state index contributed by atoms with van der Waals surface area (Å²) in [6.07, 6.45) is 0. The smallest absolute Gasteiger partial charge is 0.322 e. The van der Waals surface area contributed by atoms with Gasteiger partial charge in [0, 0.05) is 56.2 Å². The summed E-state index contributed by atoms with van der Waals surface area (Å²) in [5.41, 5.74) is 2.43. The lowest BCUT2D eigenvalue weighted by Crippen LogP contribution is -2.50. The zero-order chi connectivity index (χ0) is 27.1. The van der Waals surface area contributed by atoms with Crippen molar-refractivity contribution >= 4 is 34.9 Å². The van der Waals surface area contributed by atoms with Crippen LogP contribution in [0.1, 0.15) is 34.6 Å². The van der Waals surface area contributed by atoms with Crippen LogP contribution in [-0.4, -0.2) is 66.9 Å². The summed E-state index contributed by atoms with van der Waals surface area (Å²) < 4.78 is 13.9. The summed E-state index contributed by atoms with van der Waals surface area (Å²) >= 11 is 0. The minimum atomic E-state index is -0.488. The van der Waals surface area contributed by atoms with Crippen LogP contribution in [-0.2, 0) is 0 Å². The number of urea groups is 1. The van der Waals surface area contributed by atoms with Crippen LogP contribution < -0.4 is 15.5 Å². The van der Waals surface area contributed by atoms with Crippen LogP contribution in [0.25, 0.3) is 0 Å². The van der Waals surface area contributed by atoms with E-state index in [0.717, 1.165) is 5.69 Å². The quantitative estimate of drug-likeness (QED) is 0.466. The molecule has 0 atom stereocenters. The molecule has 9 heteroatoms. The predicted octanol–water partition coefficient (Wildman–Crippen LogP) is 4.91. The second-order valence-corrected chi connectivity index (χ2v) is 8.91. The lowest BCUT2D eigenvalue weighted by Gasteiger charge is -2.37. The Morgan fingerprint density at radius 1 is 0.842 bits per heavy atom. The molecule has 0 radical (unpaired) electrons. The van der Waals surface area contributed by atoms with Crippen molar-refractivity contribution < 1.29 is 18.8 Å². The Kier molecular flexibility index (Phi) is 8.58. The topological polar surface area (TPSA) is 85.0 Å². The number of piperazine rings is 1. The molecule has 8 nitrogen and oxygen atoms in total. The Bertz CT molecular complexity index is 1290. The van der Waals surface area contributed by atoms with E-state index in [4.69, 9.17) is 0 Å². The van der Waals surface area contributed by atoms with Gasteiger partial charge in [0.05, 0.1) is 11.3 Å². The van der Waals surface area contributed by atoms with E-state index in [0.29, 0.717) is 56.1 Å². The maximum Gasteiger partial charge on any atom is 0.322 e. The van der Waals surface area contributed by atoms with E-state index < -0.39 is 5.82 Å². The maximum atomic E-state index is 13.9. The van der Waals surface area contributed by atoms with E-state index in [1.54, 1.807) is 58.3 Å². The number of hydrogen-bond acceptors (Lipinski definition) is 4. The van der Waals surface area contributed by atoms with Gasteiger partial charge in [0.2, 0.25) is 0 Å². The molecule has 0 aliphatic carbocycles. The highest BCUT2D eigenvalue weighted by Crippen LogP contribution is 2.28. The first-order chi connectivity index (χ1) is 18.4. The average molecular weight is 518 g/mol. The number of nitrogens with one attached hydrogen (secondary N) is 2. The van der Waals surface area contributed by atoms with E-state index in [1.807, 2.05) is 26.0 Å². The average Bonchev–Trinajstić information content (AvgIpc) is 2.95. The number of carbonyl (C=O) groups is 3. The van der Waals surface area contributed by atoms with E-state index in [1.165, 1.54) is 12.1 Å². The van der Waals surface area contributed by atoms with Gasteiger partial charge in [0.1, 0.15) is 5.82 Å². The van der Waals surface area contributed by atoms with Crippen molar-refractivity contribution in [3.8, 4) is 0 Å². The second kappa shape index (κ2) is 12.2. The normalized spacial score (nSPS) is 13.1. The van der Waals surface area contributed by atoms with Crippen LogP contribution in [0.3, 0.4) is 0 Å². The van der Waals surface area contributed by atoms with Crippen LogP contribution in [0, 0.1) is 5.82 Å². The molecule has 1 aliphatic heterocycles. The fourth-order valence-electron chi connectivity index (χ4n) is 4.44.